The highest BCUT2D eigenvalue weighted by molar-refractivity contribution is 5.69. The predicted molar refractivity (Wildman–Crippen MR) is 70.1 cm³/mol. The number of esters is 2. The van der Waals surface area contributed by atoms with Gasteiger partial charge < -0.3 is 9.47 Å². The summed E-state index contributed by atoms with van der Waals surface area (Å²) in [5.41, 5.74) is 0. The van der Waals surface area contributed by atoms with E-state index in [2.05, 4.69) is 11.3 Å². The summed E-state index contributed by atoms with van der Waals surface area (Å²) < 4.78 is 9.42. The first kappa shape index (κ1) is 16.7. The zero-order chi connectivity index (χ0) is 13.6. The van der Waals surface area contributed by atoms with Gasteiger partial charge in [0.25, 0.3) is 0 Å². The fraction of sp³-hybridized carbons (Fsp3) is 0.714. The lowest BCUT2D eigenvalue weighted by Crippen LogP contribution is -2.03. The quantitative estimate of drug-likeness (QED) is 0.324. The molecule has 0 spiro atoms. The van der Waals surface area contributed by atoms with Gasteiger partial charge in [0, 0.05) is 12.8 Å². The first-order valence-electron chi connectivity index (χ1n) is 6.54. The minimum absolute atomic E-state index is 0.139. The topological polar surface area (TPSA) is 52.6 Å². The lowest BCUT2D eigenvalue weighted by atomic mass is 10.1. The Bertz CT molecular complexity index is 248. The second kappa shape index (κ2) is 12.1. The average molecular weight is 256 g/mol. The van der Waals surface area contributed by atoms with Crippen LogP contribution in [-0.2, 0) is 19.1 Å². The second-order valence-corrected chi connectivity index (χ2v) is 4.17. The highest BCUT2D eigenvalue weighted by Crippen LogP contribution is 2.09. The third kappa shape index (κ3) is 11.2. The van der Waals surface area contributed by atoms with Crippen molar-refractivity contribution >= 4 is 11.9 Å². The monoisotopic (exact) mass is 256 g/mol. The largest absolute Gasteiger partial charge is 0.469 e. The van der Waals surface area contributed by atoms with Crippen LogP contribution in [0.2, 0.25) is 0 Å². The van der Waals surface area contributed by atoms with Crippen molar-refractivity contribution in [2.45, 2.75) is 51.4 Å². The van der Waals surface area contributed by atoms with Crippen molar-refractivity contribution in [3.63, 3.8) is 0 Å². The summed E-state index contributed by atoms with van der Waals surface area (Å²) in [4.78, 5) is 22.0. The van der Waals surface area contributed by atoms with Gasteiger partial charge in [-0.15, -0.1) is 0 Å². The van der Waals surface area contributed by atoms with Gasteiger partial charge in [-0.2, -0.15) is 0 Å². The van der Waals surface area contributed by atoms with E-state index in [1.165, 1.54) is 7.11 Å². The molecule has 104 valence electrons. The smallest absolute Gasteiger partial charge is 0.306 e. The van der Waals surface area contributed by atoms with Gasteiger partial charge in [-0.25, -0.2) is 0 Å². The van der Waals surface area contributed by atoms with Crippen molar-refractivity contribution in [1.29, 1.82) is 0 Å². The van der Waals surface area contributed by atoms with E-state index in [9.17, 15) is 9.59 Å². The number of rotatable bonds is 11. The van der Waals surface area contributed by atoms with E-state index in [4.69, 9.17) is 4.74 Å². The number of ether oxygens (including phenoxy) is 2. The molecule has 4 nitrogen and oxygen atoms in total. The lowest BCUT2D eigenvalue weighted by Gasteiger charge is -2.02. The molecule has 0 aromatic heterocycles. The van der Waals surface area contributed by atoms with Gasteiger partial charge in [-0.05, 0) is 12.8 Å². The molecule has 0 saturated carbocycles. The Labute approximate surface area is 109 Å². The Morgan fingerprint density at radius 2 is 1.44 bits per heavy atom. The van der Waals surface area contributed by atoms with Crippen molar-refractivity contribution in [2.24, 2.45) is 0 Å². The van der Waals surface area contributed by atoms with E-state index in [1.807, 2.05) is 0 Å². The molecule has 0 bridgehead atoms. The lowest BCUT2D eigenvalue weighted by molar-refractivity contribution is -0.142. The molecule has 0 radical (unpaired) electrons. The molecule has 4 heteroatoms. The van der Waals surface area contributed by atoms with Gasteiger partial charge in [0.15, 0.2) is 0 Å². The summed E-state index contributed by atoms with van der Waals surface area (Å²) in [6.07, 6.45) is 8.56. The van der Waals surface area contributed by atoms with Crippen LogP contribution in [0.15, 0.2) is 12.7 Å². The third-order valence-corrected chi connectivity index (χ3v) is 2.60. The van der Waals surface area contributed by atoms with Crippen molar-refractivity contribution in [2.75, 3.05) is 13.7 Å². The summed E-state index contributed by atoms with van der Waals surface area (Å²) >= 11 is 0. The minimum Gasteiger partial charge on any atom is -0.469 e. The maximum Gasteiger partial charge on any atom is 0.306 e. The molecule has 0 heterocycles. The van der Waals surface area contributed by atoms with Crippen LogP contribution in [0, 0.1) is 0 Å². The third-order valence-electron chi connectivity index (χ3n) is 2.60. The van der Waals surface area contributed by atoms with Crippen molar-refractivity contribution < 1.29 is 19.1 Å². The second-order valence-electron chi connectivity index (χ2n) is 4.17. The highest BCUT2D eigenvalue weighted by atomic mass is 16.5. The molecule has 0 rings (SSSR count). The number of carbonyl (C=O) groups excluding carboxylic acids is 2. The number of hydrogen-bond acceptors (Lipinski definition) is 4. The molecule has 0 aromatic carbocycles. The summed E-state index contributed by atoms with van der Waals surface area (Å²) in [5, 5.41) is 0. The molecular weight excluding hydrogens is 232 g/mol. The van der Waals surface area contributed by atoms with Crippen LogP contribution in [0.3, 0.4) is 0 Å². The fourth-order valence-electron chi connectivity index (χ4n) is 1.57. The molecule has 0 fully saturated rings. The zero-order valence-electron chi connectivity index (χ0n) is 11.3. The van der Waals surface area contributed by atoms with Crippen LogP contribution in [0.1, 0.15) is 51.4 Å². The maximum absolute atomic E-state index is 11.1. The van der Waals surface area contributed by atoms with Gasteiger partial charge in [0.05, 0.1) is 7.11 Å². The standard InChI is InChI=1S/C14H24O4/c1-3-12-18-14(16)11-9-7-5-4-6-8-10-13(15)17-2/h3H,1,4-12H2,2H3. The van der Waals surface area contributed by atoms with Crippen molar-refractivity contribution in [3.05, 3.63) is 12.7 Å². The molecule has 0 amide bonds. The first-order valence-corrected chi connectivity index (χ1v) is 6.54. The van der Waals surface area contributed by atoms with Crippen LogP contribution in [0.25, 0.3) is 0 Å². The predicted octanol–water partition coefficient (Wildman–Crippen LogP) is 3.01. The SMILES string of the molecule is C=CCOC(=O)CCCCCCCCC(=O)OC. The Morgan fingerprint density at radius 1 is 0.944 bits per heavy atom. The fourth-order valence-corrected chi connectivity index (χ4v) is 1.57. The molecule has 0 aliphatic carbocycles. The van der Waals surface area contributed by atoms with Gasteiger partial charge in [0.1, 0.15) is 6.61 Å². The average Bonchev–Trinajstić information content (AvgIpc) is 2.38. The molecule has 0 aliphatic rings. The summed E-state index contributed by atoms with van der Waals surface area (Å²) in [7, 11) is 1.41. The molecule has 18 heavy (non-hydrogen) atoms. The Balaban J connectivity index is 3.18. The summed E-state index contributed by atoms with van der Waals surface area (Å²) in [6, 6.07) is 0. The van der Waals surface area contributed by atoms with E-state index >= 15 is 0 Å². The molecule has 0 unspecified atom stereocenters. The highest BCUT2D eigenvalue weighted by Gasteiger charge is 2.02. The summed E-state index contributed by atoms with van der Waals surface area (Å²) in [5.74, 6) is -0.291. The van der Waals surface area contributed by atoms with Gasteiger partial charge in [-0.3, -0.25) is 9.59 Å². The first-order chi connectivity index (χ1) is 8.70. The van der Waals surface area contributed by atoms with Crippen molar-refractivity contribution in [3.8, 4) is 0 Å². The van der Waals surface area contributed by atoms with Crippen LogP contribution in [0.4, 0.5) is 0 Å². The molecule has 0 aromatic rings. The molecule has 0 N–H and O–H groups in total. The summed E-state index contributed by atoms with van der Waals surface area (Å²) in [6.45, 7) is 3.78. The number of unbranched alkanes of at least 4 members (excludes halogenated alkanes) is 5. The number of methoxy groups -OCH3 is 1. The van der Waals surface area contributed by atoms with Crippen LogP contribution in [0.5, 0.6) is 0 Å². The van der Waals surface area contributed by atoms with E-state index in [-0.39, 0.29) is 11.9 Å². The number of carbonyl (C=O) groups is 2. The Morgan fingerprint density at radius 3 is 1.94 bits per heavy atom. The molecule has 0 atom stereocenters. The molecule has 0 saturated heterocycles. The maximum atomic E-state index is 11.1. The minimum atomic E-state index is -0.152. The normalized spacial score (nSPS) is 9.83. The molecule has 0 aliphatic heterocycles. The van der Waals surface area contributed by atoms with Crippen LogP contribution >= 0.6 is 0 Å². The van der Waals surface area contributed by atoms with E-state index < -0.39 is 0 Å². The molecular formula is C14H24O4. The van der Waals surface area contributed by atoms with Gasteiger partial charge >= 0.3 is 11.9 Å². The van der Waals surface area contributed by atoms with Gasteiger partial charge in [0.2, 0.25) is 0 Å². The Kier molecular flexibility index (Phi) is 11.3. The van der Waals surface area contributed by atoms with E-state index in [1.54, 1.807) is 6.08 Å². The van der Waals surface area contributed by atoms with E-state index in [0.29, 0.717) is 19.4 Å². The van der Waals surface area contributed by atoms with E-state index in [0.717, 1.165) is 38.5 Å². The van der Waals surface area contributed by atoms with Crippen molar-refractivity contribution in [1.82, 2.24) is 0 Å². The van der Waals surface area contributed by atoms with Crippen LogP contribution in [-0.4, -0.2) is 25.7 Å². The van der Waals surface area contributed by atoms with Crippen LogP contribution < -0.4 is 0 Å². The zero-order valence-corrected chi connectivity index (χ0v) is 11.3. The Hall–Kier alpha value is -1.32. The number of hydrogen-bond donors (Lipinski definition) is 0. The van der Waals surface area contributed by atoms with Gasteiger partial charge in [-0.1, -0.05) is 38.3 Å².